The summed E-state index contributed by atoms with van der Waals surface area (Å²) in [6.07, 6.45) is 0. The van der Waals surface area contributed by atoms with E-state index in [2.05, 4.69) is 15.1 Å². The van der Waals surface area contributed by atoms with E-state index in [0.717, 1.165) is 22.8 Å². The van der Waals surface area contributed by atoms with Crippen LogP contribution in [0.1, 0.15) is 0 Å². The molecule has 1 aliphatic heterocycles. The molecule has 2 heterocycles. The first kappa shape index (κ1) is 21.4. The molecular formula is C24H26N4O4. The number of hydrogen-bond donors (Lipinski definition) is 0. The van der Waals surface area contributed by atoms with Crippen LogP contribution < -0.4 is 19.1 Å². The molecule has 0 unspecified atom stereocenters. The first-order chi connectivity index (χ1) is 15.7. The lowest BCUT2D eigenvalue weighted by Crippen LogP contribution is -2.50. The zero-order valence-corrected chi connectivity index (χ0v) is 18.2. The highest BCUT2D eigenvalue weighted by Gasteiger charge is 2.22. The SMILES string of the molecule is COc1cccc(OCC(=O)N2CCN(c3ccc(-c4ccccc4OC)nn3)CC2)c1. The summed E-state index contributed by atoms with van der Waals surface area (Å²) in [7, 11) is 3.24. The monoisotopic (exact) mass is 434 g/mol. The smallest absolute Gasteiger partial charge is 0.260 e. The van der Waals surface area contributed by atoms with Gasteiger partial charge in [-0.3, -0.25) is 4.79 Å². The van der Waals surface area contributed by atoms with Crippen LogP contribution >= 0.6 is 0 Å². The van der Waals surface area contributed by atoms with Gasteiger partial charge in [-0.1, -0.05) is 18.2 Å². The minimum Gasteiger partial charge on any atom is -0.497 e. The first-order valence-corrected chi connectivity index (χ1v) is 10.4. The Hall–Kier alpha value is -3.81. The van der Waals surface area contributed by atoms with Crippen molar-refractivity contribution in [3.8, 4) is 28.5 Å². The standard InChI is InChI=1S/C24H26N4O4/c1-30-18-6-5-7-19(16-18)32-17-24(29)28-14-12-27(13-15-28)23-11-10-21(25-26-23)20-8-3-4-9-22(20)31-2/h3-11,16H,12-15,17H2,1-2H3. The number of benzene rings is 2. The normalized spacial score (nSPS) is 13.6. The third kappa shape index (κ3) is 4.91. The Kier molecular flexibility index (Phi) is 6.69. The van der Waals surface area contributed by atoms with Crippen LogP contribution in [0.4, 0.5) is 5.82 Å². The van der Waals surface area contributed by atoms with Gasteiger partial charge in [-0.05, 0) is 36.4 Å². The fourth-order valence-electron chi connectivity index (χ4n) is 3.61. The van der Waals surface area contributed by atoms with Crippen molar-refractivity contribution in [2.75, 3.05) is 51.9 Å². The second kappa shape index (κ2) is 10.00. The number of para-hydroxylation sites is 1. The van der Waals surface area contributed by atoms with E-state index in [0.29, 0.717) is 37.7 Å². The van der Waals surface area contributed by atoms with E-state index in [-0.39, 0.29) is 12.5 Å². The number of rotatable bonds is 7. The van der Waals surface area contributed by atoms with Gasteiger partial charge < -0.3 is 24.0 Å². The molecule has 0 radical (unpaired) electrons. The maximum atomic E-state index is 12.5. The van der Waals surface area contributed by atoms with Crippen molar-refractivity contribution in [3.05, 3.63) is 60.7 Å². The van der Waals surface area contributed by atoms with E-state index < -0.39 is 0 Å². The maximum absolute atomic E-state index is 12.5. The zero-order valence-electron chi connectivity index (χ0n) is 18.2. The molecule has 4 rings (SSSR count). The molecule has 0 bridgehead atoms. The van der Waals surface area contributed by atoms with Crippen molar-refractivity contribution in [1.29, 1.82) is 0 Å². The molecule has 0 spiro atoms. The Labute approximate surface area is 187 Å². The lowest BCUT2D eigenvalue weighted by molar-refractivity contribution is -0.133. The van der Waals surface area contributed by atoms with Crippen molar-refractivity contribution in [3.63, 3.8) is 0 Å². The molecule has 1 saturated heterocycles. The Bertz CT molecular complexity index is 1050. The van der Waals surface area contributed by atoms with Gasteiger partial charge in [0.2, 0.25) is 0 Å². The van der Waals surface area contributed by atoms with E-state index in [1.54, 1.807) is 26.4 Å². The Morgan fingerprint density at radius 2 is 1.66 bits per heavy atom. The van der Waals surface area contributed by atoms with Crippen LogP contribution in [0.15, 0.2) is 60.7 Å². The number of ether oxygens (including phenoxy) is 3. The van der Waals surface area contributed by atoms with Gasteiger partial charge in [-0.25, -0.2) is 0 Å². The van der Waals surface area contributed by atoms with Gasteiger partial charge in [0.25, 0.3) is 5.91 Å². The number of carbonyl (C=O) groups excluding carboxylic acids is 1. The second-order valence-electron chi connectivity index (χ2n) is 7.31. The summed E-state index contributed by atoms with van der Waals surface area (Å²) in [5, 5.41) is 8.78. The molecule has 8 heteroatoms. The second-order valence-corrected chi connectivity index (χ2v) is 7.31. The van der Waals surface area contributed by atoms with E-state index >= 15 is 0 Å². The van der Waals surface area contributed by atoms with E-state index in [4.69, 9.17) is 14.2 Å². The molecule has 0 N–H and O–H groups in total. The van der Waals surface area contributed by atoms with Crippen LogP contribution in [0.2, 0.25) is 0 Å². The maximum Gasteiger partial charge on any atom is 0.260 e. The van der Waals surface area contributed by atoms with Crippen molar-refractivity contribution in [1.82, 2.24) is 15.1 Å². The number of nitrogens with zero attached hydrogens (tertiary/aromatic N) is 4. The summed E-state index contributed by atoms with van der Waals surface area (Å²) in [5.41, 5.74) is 1.66. The van der Waals surface area contributed by atoms with Gasteiger partial charge in [0.1, 0.15) is 17.2 Å². The Morgan fingerprint density at radius 3 is 2.38 bits per heavy atom. The Morgan fingerprint density at radius 1 is 0.875 bits per heavy atom. The van der Waals surface area contributed by atoms with Crippen LogP contribution in [0.5, 0.6) is 17.2 Å². The van der Waals surface area contributed by atoms with Crippen LogP contribution in [0, 0.1) is 0 Å². The molecule has 0 saturated carbocycles. The minimum absolute atomic E-state index is 0.000574. The number of anilines is 1. The van der Waals surface area contributed by atoms with Crippen LogP contribution in [-0.2, 0) is 4.79 Å². The largest absolute Gasteiger partial charge is 0.497 e. The fraction of sp³-hybridized carbons (Fsp3) is 0.292. The van der Waals surface area contributed by atoms with Crippen molar-refractivity contribution >= 4 is 11.7 Å². The number of aromatic nitrogens is 2. The minimum atomic E-state index is -0.0370. The van der Waals surface area contributed by atoms with Crippen LogP contribution in [0.25, 0.3) is 11.3 Å². The van der Waals surface area contributed by atoms with Crippen molar-refractivity contribution in [2.45, 2.75) is 0 Å². The lowest BCUT2D eigenvalue weighted by atomic mass is 10.1. The molecule has 1 aromatic heterocycles. The molecule has 0 atom stereocenters. The van der Waals surface area contributed by atoms with Crippen LogP contribution in [-0.4, -0.2) is 68.0 Å². The van der Waals surface area contributed by atoms with E-state index in [1.165, 1.54) is 0 Å². The zero-order chi connectivity index (χ0) is 22.3. The molecule has 8 nitrogen and oxygen atoms in total. The highest BCUT2D eigenvalue weighted by atomic mass is 16.5. The Balaban J connectivity index is 1.31. The summed E-state index contributed by atoms with van der Waals surface area (Å²) in [6.45, 7) is 2.59. The lowest BCUT2D eigenvalue weighted by Gasteiger charge is -2.35. The molecule has 3 aromatic rings. The summed E-state index contributed by atoms with van der Waals surface area (Å²) < 4.78 is 16.2. The molecule has 0 aliphatic carbocycles. The molecule has 1 fully saturated rings. The molecule has 1 amide bonds. The number of carbonyl (C=O) groups is 1. The van der Waals surface area contributed by atoms with E-state index in [9.17, 15) is 4.79 Å². The van der Waals surface area contributed by atoms with E-state index in [1.807, 2.05) is 53.4 Å². The molecular weight excluding hydrogens is 408 g/mol. The summed E-state index contributed by atoms with van der Waals surface area (Å²) >= 11 is 0. The summed E-state index contributed by atoms with van der Waals surface area (Å²) in [6, 6.07) is 18.9. The van der Waals surface area contributed by atoms with Crippen LogP contribution in [0.3, 0.4) is 0 Å². The molecule has 32 heavy (non-hydrogen) atoms. The number of amides is 1. The number of piperazine rings is 1. The van der Waals surface area contributed by atoms with Gasteiger partial charge in [-0.2, -0.15) is 0 Å². The molecule has 166 valence electrons. The van der Waals surface area contributed by atoms with Gasteiger partial charge in [-0.15, -0.1) is 10.2 Å². The summed E-state index contributed by atoms with van der Waals surface area (Å²) in [4.78, 5) is 16.5. The topological polar surface area (TPSA) is 77.0 Å². The third-order valence-corrected chi connectivity index (χ3v) is 5.39. The molecule has 1 aliphatic rings. The van der Waals surface area contributed by atoms with Gasteiger partial charge in [0, 0.05) is 37.8 Å². The van der Waals surface area contributed by atoms with Gasteiger partial charge >= 0.3 is 0 Å². The highest BCUT2D eigenvalue weighted by molar-refractivity contribution is 5.78. The van der Waals surface area contributed by atoms with Crippen molar-refractivity contribution in [2.24, 2.45) is 0 Å². The number of hydrogen-bond acceptors (Lipinski definition) is 7. The predicted molar refractivity (Wildman–Crippen MR) is 121 cm³/mol. The average Bonchev–Trinajstić information content (AvgIpc) is 2.87. The fourth-order valence-corrected chi connectivity index (χ4v) is 3.61. The van der Waals surface area contributed by atoms with Crippen molar-refractivity contribution < 1.29 is 19.0 Å². The average molecular weight is 434 g/mol. The highest BCUT2D eigenvalue weighted by Crippen LogP contribution is 2.28. The first-order valence-electron chi connectivity index (χ1n) is 10.4. The van der Waals surface area contributed by atoms with Gasteiger partial charge in [0.05, 0.1) is 19.9 Å². The quantitative estimate of drug-likeness (QED) is 0.566. The third-order valence-electron chi connectivity index (χ3n) is 5.39. The predicted octanol–water partition coefficient (Wildman–Crippen LogP) is 2.89. The van der Waals surface area contributed by atoms with Gasteiger partial charge in [0.15, 0.2) is 12.4 Å². The molecule has 2 aromatic carbocycles. The summed E-state index contributed by atoms with van der Waals surface area (Å²) in [5.74, 6) is 2.83. The number of methoxy groups -OCH3 is 2.